The fourth-order valence-electron chi connectivity index (χ4n) is 2.79. The largest absolute Gasteiger partial charge is 0.508 e. The summed E-state index contributed by atoms with van der Waals surface area (Å²) in [4.78, 5) is 60.0. The molecule has 4 amide bonds. The van der Waals surface area contributed by atoms with Gasteiger partial charge in [-0.2, -0.15) is 0 Å². The molecule has 0 aromatic heterocycles. The molecule has 188 valence electrons. The van der Waals surface area contributed by atoms with E-state index < -0.39 is 66.8 Å². The Morgan fingerprint density at radius 3 is 1.85 bits per heavy atom. The van der Waals surface area contributed by atoms with E-state index in [0.29, 0.717) is 5.56 Å². The number of carboxylic acids is 1. The Labute approximate surface area is 195 Å². The number of rotatable bonds is 13. The third kappa shape index (κ3) is 9.03. The summed E-state index contributed by atoms with van der Waals surface area (Å²) >= 11 is 0. The van der Waals surface area contributed by atoms with Gasteiger partial charge in [0, 0.05) is 6.42 Å². The van der Waals surface area contributed by atoms with Gasteiger partial charge < -0.3 is 42.7 Å². The van der Waals surface area contributed by atoms with E-state index in [1.54, 1.807) is 13.8 Å². The summed E-state index contributed by atoms with van der Waals surface area (Å²) in [6.07, 6.45) is -0.734. The zero-order valence-electron chi connectivity index (χ0n) is 18.9. The first-order valence-corrected chi connectivity index (χ1v) is 10.4. The van der Waals surface area contributed by atoms with Crippen molar-refractivity contribution < 1.29 is 39.3 Å². The third-order valence-corrected chi connectivity index (χ3v) is 4.87. The molecule has 1 rings (SSSR count). The normalized spacial score (nSPS) is 14.4. The van der Waals surface area contributed by atoms with Gasteiger partial charge >= 0.3 is 5.97 Å². The fraction of sp³-hybridized carbons (Fsp3) is 0.476. The molecule has 0 saturated carbocycles. The summed E-state index contributed by atoms with van der Waals surface area (Å²) in [5.41, 5.74) is 11.4. The molecule has 0 aliphatic rings. The summed E-state index contributed by atoms with van der Waals surface area (Å²) in [6.45, 7) is 2.54. The summed E-state index contributed by atoms with van der Waals surface area (Å²) in [5, 5.41) is 34.9. The van der Waals surface area contributed by atoms with E-state index in [4.69, 9.17) is 16.6 Å². The van der Waals surface area contributed by atoms with Crippen LogP contribution in [0.4, 0.5) is 0 Å². The Morgan fingerprint density at radius 2 is 1.38 bits per heavy atom. The number of aliphatic carboxylic acids is 1. The van der Waals surface area contributed by atoms with Gasteiger partial charge in [-0.1, -0.05) is 26.0 Å². The number of benzene rings is 1. The van der Waals surface area contributed by atoms with Crippen molar-refractivity contribution in [2.45, 2.75) is 50.9 Å². The van der Waals surface area contributed by atoms with E-state index in [1.165, 1.54) is 24.3 Å². The molecule has 1 aromatic rings. The average Bonchev–Trinajstić information content (AvgIpc) is 2.76. The zero-order valence-corrected chi connectivity index (χ0v) is 18.9. The molecular formula is C21H31N5O8. The average molecular weight is 482 g/mol. The van der Waals surface area contributed by atoms with Crippen molar-refractivity contribution in [3.8, 4) is 5.75 Å². The SMILES string of the molecule is CC(C)C(N)C(=O)NC(Cc1ccc(O)cc1)C(=O)NC(CO)C(=O)NC(CC(N)=O)C(=O)O. The molecule has 13 nitrogen and oxygen atoms in total. The van der Waals surface area contributed by atoms with Crippen LogP contribution in [0.3, 0.4) is 0 Å². The van der Waals surface area contributed by atoms with Gasteiger partial charge in [-0.15, -0.1) is 0 Å². The molecule has 0 radical (unpaired) electrons. The molecule has 4 atom stereocenters. The second-order valence-electron chi connectivity index (χ2n) is 8.02. The minimum atomic E-state index is -1.66. The Morgan fingerprint density at radius 1 is 0.882 bits per heavy atom. The molecule has 1 aromatic carbocycles. The van der Waals surface area contributed by atoms with Crippen molar-refractivity contribution in [1.82, 2.24) is 16.0 Å². The quantitative estimate of drug-likeness (QED) is 0.146. The Hall–Kier alpha value is -3.71. The predicted octanol–water partition coefficient (Wildman–Crippen LogP) is -2.68. The van der Waals surface area contributed by atoms with Crippen LogP contribution in [0.15, 0.2) is 24.3 Å². The Balaban J connectivity index is 3.03. The van der Waals surface area contributed by atoms with Crippen LogP contribution < -0.4 is 27.4 Å². The zero-order chi connectivity index (χ0) is 26.0. The van der Waals surface area contributed by atoms with Crippen molar-refractivity contribution in [2.24, 2.45) is 17.4 Å². The van der Waals surface area contributed by atoms with Crippen LogP contribution in [0.2, 0.25) is 0 Å². The summed E-state index contributed by atoms with van der Waals surface area (Å²) in [7, 11) is 0. The first-order chi connectivity index (χ1) is 15.8. The number of primary amides is 1. The highest BCUT2D eigenvalue weighted by atomic mass is 16.4. The predicted molar refractivity (Wildman–Crippen MR) is 119 cm³/mol. The summed E-state index contributed by atoms with van der Waals surface area (Å²) in [5.74, 6) is -5.29. The van der Waals surface area contributed by atoms with Crippen molar-refractivity contribution in [1.29, 1.82) is 0 Å². The summed E-state index contributed by atoms with van der Waals surface area (Å²) < 4.78 is 0. The number of amides is 4. The molecule has 0 fully saturated rings. The van der Waals surface area contributed by atoms with E-state index in [-0.39, 0.29) is 18.1 Å². The maximum Gasteiger partial charge on any atom is 0.326 e. The molecular weight excluding hydrogens is 450 g/mol. The number of phenols is 1. The minimum Gasteiger partial charge on any atom is -0.508 e. The van der Waals surface area contributed by atoms with Crippen LogP contribution in [-0.2, 0) is 30.4 Å². The van der Waals surface area contributed by atoms with Gasteiger partial charge in [0.05, 0.1) is 19.1 Å². The topological polar surface area (TPSA) is 234 Å². The number of carbonyl (C=O) groups is 5. The lowest BCUT2D eigenvalue weighted by molar-refractivity contribution is -0.144. The van der Waals surface area contributed by atoms with E-state index in [9.17, 15) is 34.2 Å². The standard InChI is InChI=1S/C21H31N5O8/c1-10(2)17(23)20(32)24-13(7-11-3-5-12(28)6-4-11)18(30)26-15(9-27)19(31)25-14(21(33)34)8-16(22)29/h3-6,10,13-15,17,27-28H,7-9,23H2,1-2H3,(H2,22,29)(H,24,32)(H,25,31)(H,26,30)(H,33,34). The highest BCUT2D eigenvalue weighted by Crippen LogP contribution is 2.12. The number of nitrogens with two attached hydrogens (primary N) is 2. The van der Waals surface area contributed by atoms with Gasteiger partial charge in [0.25, 0.3) is 0 Å². The molecule has 0 aliphatic heterocycles. The molecule has 4 unspecified atom stereocenters. The van der Waals surface area contributed by atoms with Crippen LogP contribution in [0.25, 0.3) is 0 Å². The maximum absolute atomic E-state index is 12.9. The van der Waals surface area contributed by atoms with Crippen LogP contribution in [0.1, 0.15) is 25.8 Å². The molecule has 13 heteroatoms. The molecule has 0 heterocycles. The van der Waals surface area contributed by atoms with Crippen molar-refractivity contribution >= 4 is 29.6 Å². The Bertz CT molecular complexity index is 890. The number of carboxylic acid groups (broad SMARTS) is 1. The lowest BCUT2D eigenvalue weighted by Crippen LogP contribution is -2.59. The van der Waals surface area contributed by atoms with E-state index in [0.717, 1.165) is 0 Å². The van der Waals surface area contributed by atoms with Gasteiger partial charge in [-0.05, 0) is 23.6 Å². The molecule has 0 spiro atoms. The lowest BCUT2D eigenvalue weighted by atomic mass is 10.0. The van der Waals surface area contributed by atoms with E-state index in [2.05, 4.69) is 10.6 Å². The number of phenolic OH excluding ortho intramolecular Hbond substituents is 1. The smallest absolute Gasteiger partial charge is 0.326 e. The highest BCUT2D eigenvalue weighted by Gasteiger charge is 2.31. The minimum absolute atomic E-state index is 0.00317. The van der Waals surface area contributed by atoms with Crippen molar-refractivity contribution in [3.63, 3.8) is 0 Å². The van der Waals surface area contributed by atoms with Gasteiger partial charge in [0.1, 0.15) is 23.9 Å². The highest BCUT2D eigenvalue weighted by molar-refractivity contribution is 5.95. The number of hydrogen-bond donors (Lipinski definition) is 8. The van der Waals surface area contributed by atoms with Crippen LogP contribution in [0, 0.1) is 5.92 Å². The number of carbonyl (C=O) groups excluding carboxylic acids is 4. The van der Waals surface area contributed by atoms with E-state index >= 15 is 0 Å². The van der Waals surface area contributed by atoms with Crippen molar-refractivity contribution in [3.05, 3.63) is 29.8 Å². The van der Waals surface area contributed by atoms with Gasteiger partial charge in [0.2, 0.25) is 23.6 Å². The van der Waals surface area contributed by atoms with Crippen molar-refractivity contribution in [2.75, 3.05) is 6.61 Å². The first-order valence-electron chi connectivity index (χ1n) is 10.4. The number of aliphatic hydroxyl groups excluding tert-OH is 1. The molecule has 0 bridgehead atoms. The second kappa shape index (κ2) is 13.1. The molecule has 0 saturated heterocycles. The number of aliphatic hydroxyl groups is 1. The van der Waals surface area contributed by atoms with Gasteiger partial charge in [-0.25, -0.2) is 4.79 Å². The lowest BCUT2D eigenvalue weighted by Gasteiger charge is -2.25. The Kier molecular flexibility index (Phi) is 10.9. The van der Waals surface area contributed by atoms with Crippen LogP contribution >= 0.6 is 0 Å². The van der Waals surface area contributed by atoms with Gasteiger partial charge in [-0.3, -0.25) is 19.2 Å². The third-order valence-electron chi connectivity index (χ3n) is 4.87. The summed E-state index contributed by atoms with van der Waals surface area (Å²) in [6, 6.07) is 0.458. The molecule has 0 aliphatic carbocycles. The maximum atomic E-state index is 12.9. The monoisotopic (exact) mass is 481 g/mol. The van der Waals surface area contributed by atoms with E-state index in [1.807, 2.05) is 5.32 Å². The number of aromatic hydroxyl groups is 1. The number of nitrogens with one attached hydrogen (secondary N) is 3. The first kappa shape index (κ1) is 28.3. The molecule has 34 heavy (non-hydrogen) atoms. The number of hydrogen-bond acceptors (Lipinski definition) is 8. The molecule has 10 N–H and O–H groups in total. The van der Waals surface area contributed by atoms with Crippen LogP contribution in [0.5, 0.6) is 5.75 Å². The van der Waals surface area contributed by atoms with Gasteiger partial charge in [0.15, 0.2) is 0 Å². The fourth-order valence-corrected chi connectivity index (χ4v) is 2.79. The second-order valence-corrected chi connectivity index (χ2v) is 8.02. The van der Waals surface area contributed by atoms with Crippen LogP contribution in [-0.4, -0.2) is 75.7 Å².